The third kappa shape index (κ3) is 3.96. The number of rotatable bonds is 5. The van der Waals surface area contributed by atoms with Gasteiger partial charge in [-0.1, -0.05) is 30.3 Å². The zero-order valence-corrected chi connectivity index (χ0v) is 17.6. The van der Waals surface area contributed by atoms with Gasteiger partial charge in [-0.05, 0) is 79.6 Å². The van der Waals surface area contributed by atoms with E-state index in [1.165, 1.54) is 17.0 Å². The van der Waals surface area contributed by atoms with Gasteiger partial charge in [0.15, 0.2) is 0 Å². The SMILES string of the molecule is Cc1cc(/C=C2\SC(=O)N(CCc3ccccc3)C2=O)c(C)n1-c1ccc(F)cc1. The molecule has 0 atom stereocenters. The van der Waals surface area contributed by atoms with E-state index in [0.717, 1.165) is 40.0 Å². The van der Waals surface area contributed by atoms with Crippen LogP contribution in [0.5, 0.6) is 0 Å². The standard InChI is InChI=1S/C24H21FN2O2S/c1-16-14-19(17(2)27(16)21-10-8-20(25)9-11-21)15-22-23(28)26(24(29)30-22)13-12-18-6-4-3-5-7-18/h3-11,14-15H,12-13H2,1-2H3/b22-15-. The van der Waals surface area contributed by atoms with Crippen molar-refractivity contribution in [3.63, 3.8) is 0 Å². The summed E-state index contributed by atoms with van der Waals surface area (Å²) in [6.07, 6.45) is 2.40. The number of aryl methyl sites for hydroxylation is 1. The van der Waals surface area contributed by atoms with Gasteiger partial charge in [-0.15, -0.1) is 0 Å². The Balaban J connectivity index is 1.56. The van der Waals surface area contributed by atoms with Crippen LogP contribution >= 0.6 is 11.8 Å². The highest BCUT2D eigenvalue weighted by Crippen LogP contribution is 2.34. The number of benzene rings is 2. The third-order valence-corrected chi connectivity index (χ3v) is 6.09. The Morgan fingerprint density at radius 2 is 1.70 bits per heavy atom. The molecule has 1 fully saturated rings. The van der Waals surface area contributed by atoms with Crippen LogP contribution in [0, 0.1) is 19.7 Å². The molecule has 2 amide bonds. The van der Waals surface area contributed by atoms with Crippen LogP contribution in [0.1, 0.15) is 22.5 Å². The van der Waals surface area contributed by atoms with E-state index in [2.05, 4.69) is 0 Å². The fraction of sp³-hybridized carbons (Fsp3) is 0.167. The van der Waals surface area contributed by atoms with E-state index in [4.69, 9.17) is 0 Å². The average Bonchev–Trinajstić information content (AvgIpc) is 3.16. The quantitative estimate of drug-likeness (QED) is 0.511. The van der Waals surface area contributed by atoms with Crippen LogP contribution in [0.3, 0.4) is 0 Å². The van der Waals surface area contributed by atoms with Gasteiger partial charge in [-0.3, -0.25) is 14.5 Å². The number of carbonyl (C=O) groups is 2. The number of aromatic nitrogens is 1. The Hall–Kier alpha value is -3.12. The molecule has 6 heteroatoms. The second kappa shape index (κ2) is 8.32. The lowest BCUT2D eigenvalue weighted by Gasteiger charge is -2.12. The van der Waals surface area contributed by atoms with Crippen molar-refractivity contribution in [1.29, 1.82) is 0 Å². The molecule has 1 saturated heterocycles. The fourth-order valence-electron chi connectivity index (χ4n) is 3.64. The number of hydrogen-bond donors (Lipinski definition) is 0. The van der Waals surface area contributed by atoms with Crippen LogP contribution in [0.4, 0.5) is 9.18 Å². The van der Waals surface area contributed by atoms with Crippen molar-refractivity contribution >= 4 is 29.0 Å². The maximum atomic E-state index is 13.3. The van der Waals surface area contributed by atoms with Gasteiger partial charge in [0.1, 0.15) is 5.82 Å². The summed E-state index contributed by atoms with van der Waals surface area (Å²) in [5.74, 6) is -0.543. The molecule has 0 N–H and O–H groups in total. The summed E-state index contributed by atoms with van der Waals surface area (Å²) < 4.78 is 15.3. The zero-order chi connectivity index (χ0) is 21.3. The summed E-state index contributed by atoms with van der Waals surface area (Å²) in [7, 11) is 0. The van der Waals surface area contributed by atoms with Gasteiger partial charge in [0.25, 0.3) is 11.1 Å². The molecule has 0 unspecified atom stereocenters. The van der Waals surface area contributed by atoms with Gasteiger partial charge < -0.3 is 4.57 Å². The van der Waals surface area contributed by atoms with E-state index in [0.29, 0.717) is 17.9 Å². The monoisotopic (exact) mass is 420 g/mol. The normalized spacial score (nSPS) is 15.4. The van der Waals surface area contributed by atoms with Crippen molar-refractivity contribution in [2.75, 3.05) is 6.54 Å². The Labute approximate surface area is 179 Å². The van der Waals surface area contributed by atoms with Gasteiger partial charge in [0.05, 0.1) is 4.91 Å². The molecule has 0 saturated carbocycles. The number of hydrogen-bond acceptors (Lipinski definition) is 3. The molecule has 1 aromatic heterocycles. The summed E-state index contributed by atoms with van der Waals surface area (Å²) in [5, 5.41) is -0.241. The van der Waals surface area contributed by atoms with Crippen molar-refractivity contribution in [3.05, 3.63) is 93.9 Å². The first kappa shape index (κ1) is 20.2. The highest BCUT2D eigenvalue weighted by atomic mass is 32.2. The van der Waals surface area contributed by atoms with Crippen molar-refractivity contribution in [2.45, 2.75) is 20.3 Å². The van der Waals surface area contributed by atoms with E-state index in [-0.39, 0.29) is 17.0 Å². The fourth-order valence-corrected chi connectivity index (χ4v) is 4.50. The third-order valence-electron chi connectivity index (χ3n) is 5.18. The summed E-state index contributed by atoms with van der Waals surface area (Å²) in [4.78, 5) is 27.0. The Morgan fingerprint density at radius 3 is 2.40 bits per heavy atom. The maximum Gasteiger partial charge on any atom is 0.293 e. The molecule has 4 rings (SSSR count). The number of thioether (sulfide) groups is 1. The smallest absolute Gasteiger partial charge is 0.293 e. The van der Waals surface area contributed by atoms with Crippen molar-refractivity contribution < 1.29 is 14.0 Å². The molecule has 2 aromatic carbocycles. The van der Waals surface area contributed by atoms with Crippen LogP contribution in [-0.4, -0.2) is 27.2 Å². The zero-order valence-electron chi connectivity index (χ0n) is 16.8. The molecule has 1 aliphatic rings. The number of nitrogens with zero attached hydrogens (tertiary/aromatic N) is 2. The van der Waals surface area contributed by atoms with Crippen LogP contribution in [-0.2, 0) is 11.2 Å². The summed E-state index contributed by atoms with van der Waals surface area (Å²) in [6, 6.07) is 18.1. The van der Waals surface area contributed by atoms with Gasteiger partial charge >= 0.3 is 0 Å². The predicted molar refractivity (Wildman–Crippen MR) is 118 cm³/mol. The summed E-state index contributed by atoms with van der Waals surface area (Å²) >= 11 is 0.973. The Kier molecular flexibility index (Phi) is 5.59. The van der Waals surface area contributed by atoms with Crippen LogP contribution in [0.15, 0.2) is 65.6 Å². The number of amides is 2. The van der Waals surface area contributed by atoms with Crippen molar-refractivity contribution in [3.8, 4) is 5.69 Å². The van der Waals surface area contributed by atoms with E-state index in [9.17, 15) is 14.0 Å². The topological polar surface area (TPSA) is 42.3 Å². The number of imide groups is 1. The average molecular weight is 421 g/mol. The summed E-state index contributed by atoms with van der Waals surface area (Å²) in [5.41, 5.74) is 4.69. The van der Waals surface area contributed by atoms with Crippen molar-refractivity contribution in [1.82, 2.24) is 9.47 Å². The van der Waals surface area contributed by atoms with Crippen molar-refractivity contribution in [2.24, 2.45) is 0 Å². The maximum absolute atomic E-state index is 13.3. The van der Waals surface area contributed by atoms with E-state index >= 15 is 0 Å². The number of carbonyl (C=O) groups excluding carboxylic acids is 2. The first-order valence-electron chi connectivity index (χ1n) is 9.68. The highest BCUT2D eigenvalue weighted by molar-refractivity contribution is 8.18. The molecule has 0 aliphatic carbocycles. The van der Waals surface area contributed by atoms with E-state index in [1.807, 2.05) is 54.8 Å². The molecule has 3 aromatic rings. The molecule has 2 heterocycles. The lowest BCUT2D eigenvalue weighted by atomic mass is 10.1. The molecular weight excluding hydrogens is 399 g/mol. The van der Waals surface area contributed by atoms with Crippen LogP contribution < -0.4 is 0 Å². The lowest BCUT2D eigenvalue weighted by molar-refractivity contribution is -0.122. The van der Waals surface area contributed by atoms with Gasteiger partial charge in [-0.2, -0.15) is 0 Å². The molecule has 0 bridgehead atoms. The van der Waals surface area contributed by atoms with E-state index in [1.54, 1.807) is 18.2 Å². The van der Waals surface area contributed by atoms with Crippen LogP contribution in [0.2, 0.25) is 0 Å². The molecule has 30 heavy (non-hydrogen) atoms. The summed E-state index contributed by atoms with van der Waals surface area (Å²) in [6.45, 7) is 4.27. The minimum Gasteiger partial charge on any atom is -0.318 e. The largest absolute Gasteiger partial charge is 0.318 e. The molecular formula is C24H21FN2O2S. The van der Waals surface area contributed by atoms with Gasteiger partial charge in [0.2, 0.25) is 0 Å². The Morgan fingerprint density at radius 1 is 1.00 bits per heavy atom. The molecule has 0 spiro atoms. The first-order valence-corrected chi connectivity index (χ1v) is 10.5. The predicted octanol–water partition coefficient (Wildman–Crippen LogP) is 5.51. The molecule has 4 nitrogen and oxygen atoms in total. The van der Waals surface area contributed by atoms with Gasteiger partial charge in [0, 0.05) is 23.6 Å². The molecule has 152 valence electrons. The van der Waals surface area contributed by atoms with Crippen LogP contribution in [0.25, 0.3) is 11.8 Å². The number of halogens is 1. The minimum absolute atomic E-state index is 0.241. The lowest BCUT2D eigenvalue weighted by Crippen LogP contribution is -2.30. The second-order valence-electron chi connectivity index (χ2n) is 7.21. The molecule has 0 radical (unpaired) electrons. The Bertz CT molecular complexity index is 1130. The first-order chi connectivity index (χ1) is 14.4. The van der Waals surface area contributed by atoms with E-state index < -0.39 is 0 Å². The molecule has 1 aliphatic heterocycles. The second-order valence-corrected chi connectivity index (χ2v) is 8.20. The highest BCUT2D eigenvalue weighted by Gasteiger charge is 2.34. The minimum atomic E-state index is -0.286. The van der Waals surface area contributed by atoms with Gasteiger partial charge in [-0.25, -0.2) is 4.39 Å².